The lowest BCUT2D eigenvalue weighted by atomic mass is 9.80. The lowest BCUT2D eigenvalue weighted by Crippen LogP contribution is -2.52. The van der Waals surface area contributed by atoms with E-state index in [1.165, 1.54) is 0 Å². The number of benzene rings is 1. The molecule has 3 rings (SSSR count). The number of hydrogen-bond acceptors (Lipinski definition) is 3. The molecule has 138 valence electrons. The van der Waals surface area contributed by atoms with Crippen LogP contribution in [0.25, 0.3) is 0 Å². The molecule has 1 aromatic carbocycles. The number of rotatable bonds is 5. The van der Waals surface area contributed by atoms with Crippen LogP contribution < -0.4 is 15.5 Å². The van der Waals surface area contributed by atoms with E-state index >= 15 is 0 Å². The van der Waals surface area contributed by atoms with Gasteiger partial charge in [-0.25, -0.2) is 0 Å². The van der Waals surface area contributed by atoms with Gasteiger partial charge in [-0.1, -0.05) is 23.7 Å². The number of halogens is 1. The first kappa shape index (κ1) is 18.3. The van der Waals surface area contributed by atoms with Crippen LogP contribution in [0.4, 0.5) is 5.69 Å². The van der Waals surface area contributed by atoms with E-state index in [4.69, 9.17) is 11.6 Å². The Hall–Kier alpha value is -1.46. The third kappa shape index (κ3) is 4.79. The second kappa shape index (κ2) is 8.28. The largest absolute Gasteiger partial charge is 0.388 e. The highest BCUT2D eigenvalue weighted by molar-refractivity contribution is 6.33. The first-order valence-electron chi connectivity index (χ1n) is 9.36. The van der Waals surface area contributed by atoms with Crippen LogP contribution in [-0.4, -0.2) is 48.9 Å². The maximum Gasteiger partial charge on any atom is 0.191 e. The van der Waals surface area contributed by atoms with Crippen LogP contribution >= 0.6 is 11.6 Å². The number of para-hydroxylation sites is 1. The number of piperidine rings is 1. The van der Waals surface area contributed by atoms with E-state index in [1.807, 2.05) is 18.2 Å². The van der Waals surface area contributed by atoms with Gasteiger partial charge in [0.25, 0.3) is 0 Å². The highest BCUT2D eigenvalue weighted by Gasteiger charge is 2.34. The Labute approximate surface area is 155 Å². The summed E-state index contributed by atoms with van der Waals surface area (Å²) in [6.07, 6.45) is 5.05. The van der Waals surface area contributed by atoms with E-state index in [1.54, 1.807) is 0 Å². The van der Waals surface area contributed by atoms with E-state index in [9.17, 15) is 5.11 Å². The van der Waals surface area contributed by atoms with Gasteiger partial charge in [-0.15, -0.1) is 0 Å². The van der Waals surface area contributed by atoms with Crippen molar-refractivity contribution in [3.05, 3.63) is 29.3 Å². The van der Waals surface area contributed by atoms with Crippen molar-refractivity contribution in [1.29, 1.82) is 0 Å². The number of guanidine groups is 1. The van der Waals surface area contributed by atoms with Gasteiger partial charge < -0.3 is 20.6 Å². The molecule has 0 radical (unpaired) electrons. The van der Waals surface area contributed by atoms with Gasteiger partial charge in [0.1, 0.15) is 0 Å². The van der Waals surface area contributed by atoms with Crippen molar-refractivity contribution < 1.29 is 5.11 Å². The Morgan fingerprint density at radius 1 is 1.36 bits per heavy atom. The summed E-state index contributed by atoms with van der Waals surface area (Å²) in [5.74, 6) is 0.800. The quantitative estimate of drug-likeness (QED) is 0.555. The van der Waals surface area contributed by atoms with E-state index in [0.717, 1.165) is 68.4 Å². The first-order valence-corrected chi connectivity index (χ1v) is 9.74. The third-order valence-electron chi connectivity index (χ3n) is 5.12. The van der Waals surface area contributed by atoms with Gasteiger partial charge >= 0.3 is 0 Å². The lowest BCUT2D eigenvalue weighted by Gasteiger charge is -2.37. The molecule has 0 amide bonds. The normalized spacial score (nSPS) is 23.1. The molecule has 2 aliphatic rings. The van der Waals surface area contributed by atoms with Gasteiger partial charge in [0.15, 0.2) is 5.96 Å². The number of hydrogen-bond donors (Lipinski definition) is 3. The van der Waals surface area contributed by atoms with Gasteiger partial charge in [0, 0.05) is 25.7 Å². The van der Waals surface area contributed by atoms with Gasteiger partial charge in [-0.2, -0.15) is 0 Å². The Kier molecular flexibility index (Phi) is 6.07. The third-order valence-corrected chi connectivity index (χ3v) is 5.43. The second-order valence-electron chi connectivity index (χ2n) is 7.15. The van der Waals surface area contributed by atoms with Gasteiger partial charge in [-0.3, -0.25) is 4.99 Å². The molecular weight excluding hydrogens is 336 g/mol. The topological polar surface area (TPSA) is 59.9 Å². The molecule has 5 nitrogen and oxygen atoms in total. The van der Waals surface area contributed by atoms with Crippen molar-refractivity contribution >= 4 is 23.2 Å². The summed E-state index contributed by atoms with van der Waals surface area (Å²) in [5.41, 5.74) is 0.514. The standard InChI is InChI=1S/C19H29ClN4O/c1-2-21-18(22-14-19(25)10-6-11-19)23-15-7-5-12-24(13-15)17-9-4-3-8-16(17)20/h3-4,8-9,15,25H,2,5-7,10-14H2,1H3,(H2,21,22,23). The number of nitrogens with zero attached hydrogens (tertiary/aromatic N) is 2. The van der Waals surface area contributed by atoms with Crippen molar-refractivity contribution in [3.8, 4) is 0 Å². The van der Waals surface area contributed by atoms with Crippen molar-refractivity contribution in [2.24, 2.45) is 4.99 Å². The van der Waals surface area contributed by atoms with Crippen LogP contribution in [0.15, 0.2) is 29.3 Å². The summed E-state index contributed by atoms with van der Waals surface area (Å²) in [5, 5.41) is 17.9. The van der Waals surface area contributed by atoms with Crippen LogP contribution in [0.5, 0.6) is 0 Å². The molecule has 1 aromatic rings. The van der Waals surface area contributed by atoms with E-state index in [2.05, 4.69) is 33.5 Å². The molecule has 3 N–H and O–H groups in total. The average Bonchev–Trinajstić information content (AvgIpc) is 2.59. The second-order valence-corrected chi connectivity index (χ2v) is 7.56. The molecule has 1 saturated carbocycles. The molecule has 1 aliphatic heterocycles. The maximum absolute atomic E-state index is 10.3. The van der Waals surface area contributed by atoms with Crippen molar-refractivity contribution in [1.82, 2.24) is 10.6 Å². The van der Waals surface area contributed by atoms with E-state index in [0.29, 0.717) is 12.6 Å². The predicted octanol–water partition coefficient (Wildman–Crippen LogP) is 2.78. The molecule has 1 aliphatic carbocycles. The lowest BCUT2D eigenvalue weighted by molar-refractivity contribution is -0.0236. The monoisotopic (exact) mass is 364 g/mol. The van der Waals surface area contributed by atoms with Crippen molar-refractivity contribution in [3.63, 3.8) is 0 Å². The summed E-state index contributed by atoms with van der Waals surface area (Å²) in [4.78, 5) is 6.96. The summed E-state index contributed by atoms with van der Waals surface area (Å²) in [6.45, 7) is 5.27. The zero-order valence-electron chi connectivity index (χ0n) is 15.0. The molecule has 1 heterocycles. The number of aliphatic imine (C=N–C) groups is 1. The first-order chi connectivity index (χ1) is 12.1. The fourth-order valence-corrected chi connectivity index (χ4v) is 3.76. The van der Waals surface area contributed by atoms with Gasteiger partial charge in [0.05, 0.1) is 22.9 Å². The maximum atomic E-state index is 10.3. The summed E-state index contributed by atoms with van der Waals surface area (Å²) in [7, 11) is 0. The van der Waals surface area contributed by atoms with Crippen LogP contribution in [0.1, 0.15) is 39.0 Å². The summed E-state index contributed by atoms with van der Waals surface area (Å²) >= 11 is 6.36. The number of nitrogens with one attached hydrogen (secondary N) is 2. The molecule has 0 bridgehead atoms. The Balaban J connectivity index is 1.61. The van der Waals surface area contributed by atoms with Crippen LogP contribution in [-0.2, 0) is 0 Å². The highest BCUT2D eigenvalue weighted by atomic mass is 35.5. The van der Waals surface area contributed by atoms with Crippen LogP contribution in [0, 0.1) is 0 Å². The minimum Gasteiger partial charge on any atom is -0.388 e. The Morgan fingerprint density at radius 2 is 2.16 bits per heavy atom. The SMILES string of the molecule is CCNC(=NCC1(O)CCC1)NC1CCCN(c2ccccc2Cl)C1. The van der Waals surface area contributed by atoms with Gasteiger partial charge in [-0.05, 0) is 51.2 Å². The van der Waals surface area contributed by atoms with Gasteiger partial charge in [0.2, 0.25) is 0 Å². The molecule has 1 saturated heterocycles. The molecule has 0 aromatic heterocycles. The van der Waals surface area contributed by atoms with Crippen molar-refractivity contribution in [2.75, 3.05) is 31.1 Å². The Bertz CT molecular complexity index is 603. The zero-order valence-corrected chi connectivity index (χ0v) is 15.7. The van der Waals surface area contributed by atoms with E-state index < -0.39 is 5.60 Å². The molecule has 0 spiro atoms. The number of aliphatic hydroxyl groups is 1. The molecule has 1 atom stereocenters. The fraction of sp³-hybridized carbons (Fsp3) is 0.632. The van der Waals surface area contributed by atoms with Crippen LogP contribution in [0.2, 0.25) is 5.02 Å². The summed E-state index contributed by atoms with van der Waals surface area (Å²) < 4.78 is 0. The predicted molar refractivity (Wildman–Crippen MR) is 105 cm³/mol. The minimum atomic E-state index is -0.585. The van der Waals surface area contributed by atoms with Crippen molar-refractivity contribution in [2.45, 2.75) is 50.7 Å². The highest BCUT2D eigenvalue weighted by Crippen LogP contribution is 2.31. The fourth-order valence-electron chi connectivity index (χ4n) is 3.50. The smallest absolute Gasteiger partial charge is 0.191 e. The zero-order chi connectivity index (χ0) is 17.7. The molecule has 6 heteroatoms. The number of anilines is 1. The molecule has 2 fully saturated rings. The summed E-state index contributed by atoms with van der Waals surface area (Å²) in [6, 6.07) is 8.34. The average molecular weight is 365 g/mol. The van der Waals surface area contributed by atoms with E-state index in [-0.39, 0.29) is 0 Å². The molecule has 25 heavy (non-hydrogen) atoms. The minimum absolute atomic E-state index is 0.318. The Morgan fingerprint density at radius 3 is 2.84 bits per heavy atom. The molecular formula is C19H29ClN4O. The van der Waals surface area contributed by atoms with Crippen LogP contribution in [0.3, 0.4) is 0 Å². The molecule has 1 unspecified atom stereocenters.